The summed E-state index contributed by atoms with van der Waals surface area (Å²) >= 11 is 0. The molecule has 0 aromatic heterocycles. The van der Waals surface area contributed by atoms with Crippen molar-refractivity contribution in [2.75, 3.05) is 0 Å². The molecule has 1 N–H and O–H groups in total. The van der Waals surface area contributed by atoms with Crippen LogP contribution in [0.1, 0.15) is 24.2 Å². The molecule has 2 aromatic carbocycles. The fraction of sp³-hybridized carbons (Fsp3) is 0.250. The Morgan fingerprint density at radius 3 is 2.05 bits per heavy atom. The first kappa shape index (κ1) is 15.7. The van der Waals surface area contributed by atoms with Crippen molar-refractivity contribution in [1.29, 1.82) is 0 Å². The molecule has 3 nitrogen and oxygen atoms in total. The molecule has 2 rings (SSSR count). The van der Waals surface area contributed by atoms with Gasteiger partial charge in [0.1, 0.15) is 5.82 Å². The first-order valence-corrected chi connectivity index (χ1v) is 8.11. The van der Waals surface area contributed by atoms with Crippen molar-refractivity contribution < 1.29 is 17.9 Å². The van der Waals surface area contributed by atoms with Crippen molar-refractivity contribution in [3.05, 3.63) is 65.5 Å². The molecule has 5 heteroatoms. The van der Waals surface area contributed by atoms with Gasteiger partial charge < -0.3 is 5.11 Å². The molecule has 0 radical (unpaired) electrons. The Bertz CT molecular complexity index is 706. The van der Waals surface area contributed by atoms with Gasteiger partial charge in [0, 0.05) is 0 Å². The Labute approximate surface area is 124 Å². The summed E-state index contributed by atoms with van der Waals surface area (Å²) < 4.78 is 37.8. The van der Waals surface area contributed by atoms with Crippen LogP contribution in [0, 0.1) is 12.7 Å². The number of rotatable bonds is 4. The van der Waals surface area contributed by atoms with E-state index in [2.05, 4.69) is 0 Å². The summed E-state index contributed by atoms with van der Waals surface area (Å²) in [6, 6.07) is 11.7. The first-order valence-electron chi connectivity index (χ1n) is 6.56. The zero-order valence-corrected chi connectivity index (χ0v) is 12.6. The number of halogens is 1. The molecule has 2 atom stereocenters. The molecule has 0 amide bonds. The maximum absolute atomic E-state index is 12.9. The number of hydrogen-bond acceptors (Lipinski definition) is 3. The maximum atomic E-state index is 12.9. The molecular formula is C16H17FO3S. The van der Waals surface area contributed by atoms with Crippen molar-refractivity contribution >= 4 is 9.84 Å². The van der Waals surface area contributed by atoms with Crippen LogP contribution in [0.15, 0.2) is 53.4 Å². The topological polar surface area (TPSA) is 54.4 Å². The van der Waals surface area contributed by atoms with E-state index in [0.29, 0.717) is 5.56 Å². The molecule has 0 spiro atoms. The van der Waals surface area contributed by atoms with Gasteiger partial charge >= 0.3 is 0 Å². The molecule has 2 aromatic rings. The van der Waals surface area contributed by atoms with Crippen LogP contribution in [0.4, 0.5) is 4.39 Å². The Balaban J connectivity index is 2.31. The van der Waals surface area contributed by atoms with Gasteiger partial charge in [0.15, 0.2) is 9.84 Å². The molecule has 0 saturated heterocycles. The third-order valence-electron chi connectivity index (χ3n) is 3.50. The Morgan fingerprint density at radius 1 is 1.00 bits per heavy atom. The Kier molecular flexibility index (Phi) is 4.44. The van der Waals surface area contributed by atoms with Gasteiger partial charge in [-0.15, -0.1) is 0 Å². The van der Waals surface area contributed by atoms with Crippen molar-refractivity contribution in [2.45, 2.75) is 30.1 Å². The summed E-state index contributed by atoms with van der Waals surface area (Å²) in [5.41, 5.74) is 1.57. The van der Waals surface area contributed by atoms with Crippen molar-refractivity contribution in [3.8, 4) is 0 Å². The molecule has 21 heavy (non-hydrogen) atoms. The minimum atomic E-state index is -3.73. The van der Waals surface area contributed by atoms with Crippen LogP contribution < -0.4 is 0 Å². The van der Waals surface area contributed by atoms with Gasteiger partial charge in [-0.1, -0.05) is 29.8 Å². The molecule has 0 fully saturated rings. The lowest BCUT2D eigenvalue weighted by molar-refractivity contribution is 0.176. The van der Waals surface area contributed by atoms with Crippen LogP contribution in [0.2, 0.25) is 0 Å². The normalized spacial score (nSPS) is 14.7. The van der Waals surface area contributed by atoms with E-state index in [4.69, 9.17) is 0 Å². The average molecular weight is 308 g/mol. The van der Waals surface area contributed by atoms with E-state index >= 15 is 0 Å². The standard InChI is InChI=1S/C16H17FO3S/c1-11-3-5-13(6-4-11)16(18)12(2)21(19,20)15-9-7-14(17)8-10-15/h3-10,12,16,18H,1-2H3. The van der Waals surface area contributed by atoms with Gasteiger partial charge in [-0.25, -0.2) is 12.8 Å². The smallest absolute Gasteiger partial charge is 0.183 e. The highest BCUT2D eigenvalue weighted by Gasteiger charge is 2.30. The van der Waals surface area contributed by atoms with Gasteiger partial charge in [-0.2, -0.15) is 0 Å². The van der Waals surface area contributed by atoms with Crippen molar-refractivity contribution in [2.24, 2.45) is 0 Å². The van der Waals surface area contributed by atoms with Gasteiger partial charge in [0.2, 0.25) is 0 Å². The number of benzene rings is 2. The maximum Gasteiger partial charge on any atom is 0.183 e. The van der Waals surface area contributed by atoms with Crippen molar-refractivity contribution in [1.82, 2.24) is 0 Å². The van der Waals surface area contributed by atoms with Gasteiger partial charge in [-0.05, 0) is 43.7 Å². The molecular weight excluding hydrogens is 291 g/mol. The van der Waals surface area contributed by atoms with E-state index < -0.39 is 27.0 Å². The van der Waals surface area contributed by atoms with E-state index in [0.717, 1.165) is 17.7 Å². The largest absolute Gasteiger partial charge is 0.387 e. The van der Waals surface area contributed by atoms with E-state index in [9.17, 15) is 17.9 Å². The highest BCUT2D eigenvalue weighted by molar-refractivity contribution is 7.92. The second kappa shape index (κ2) is 5.95. The lowest BCUT2D eigenvalue weighted by atomic mass is 10.1. The van der Waals surface area contributed by atoms with Crippen LogP contribution in [-0.2, 0) is 9.84 Å². The summed E-state index contributed by atoms with van der Waals surface area (Å²) in [4.78, 5) is 0.00237. The van der Waals surface area contributed by atoms with E-state index in [1.165, 1.54) is 19.1 Å². The van der Waals surface area contributed by atoms with Crippen LogP contribution in [-0.4, -0.2) is 18.8 Å². The third-order valence-corrected chi connectivity index (χ3v) is 5.66. The minimum Gasteiger partial charge on any atom is -0.387 e. The molecule has 2 unspecified atom stereocenters. The van der Waals surface area contributed by atoms with Gasteiger partial charge in [0.05, 0.1) is 16.2 Å². The fourth-order valence-corrected chi connectivity index (χ4v) is 3.48. The highest BCUT2D eigenvalue weighted by Crippen LogP contribution is 2.27. The summed E-state index contributed by atoms with van der Waals surface area (Å²) in [5, 5.41) is 9.26. The monoisotopic (exact) mass is 308 g/mol. The predicted octanol–water partition coefficient (Wildman–Crippen LogP) is 3.03. The van der Waals surface area contributed by atoms with Gasteiger partial charge in [0.25, 0.3) is 0 Å². The first-order chi connectivity index (χ1) is 9.82. The summed E-state index contributed by atoms with van der Waals surface area (Å²) in [5.74, 6) is -0.499. The number of aryl methyl sites for hydroxylation is 1. The fourth-order valence-electron chi connectivity index (χ4n) is 2.04. The number of sulfone groups is 1. The SMILES string of the molecule is Cc1ccc(C(O)C(C)S(=O)(=O)c2ccc(F)cc2)cc1. The number of hydrogen-bond donors (Lipinski definition) is 1. The quantitative estimate of drug-likeness (QED) is 0.883. The lowest BCUT2D eigenvalue weighted by Gasteiger charge is -2.20. The molecule has 0 aliphatic carbocycles. The average Bonchev–Trinajstić information content (AvgIpc) is 2.47. The third kappa shape index (κ3) is 3.31. The van der Waals surface area contributed by atoms with Crippen LogP contribution in [0.25, 0.3) is 0 Å². The lowest BCUT2D eigenvalue weighted by Crippen LogP contribution is -2.25. The Morgan fingerprint density at radius 2 is 1.52 bits per heavy atom. The zero-order chi connectivity index (χ0) is 15.6. The molecule has 0 saturated carbocycles. The molecule has 112 valence electrons. The van der Waals surface area contributed by atoms with Crippen LogP contribution >= 0.6 is 0 Å². The second-order valence-corrected chi connectivity index (χ2v) is 7.36. The summed E-state index contributed by atoms with van der Waals surface area (Å²) in [6.07, 6.45) is -1.14. The molecule has 0 bridgehead atoms. The highest BCUT2D eigenvalue weighted by atomic mass is 32.2. The Hall–Kier alpha value is -1.72. The van der Waals surface area contributed by atoms with Crippen molar-refractivity contribution in [3.63, 3.8) is 0 Å². The van der Waals surface area contributed by atoms with Crippen LogP contribution in [0.5, 0.6) is 0 Å². The van der Waals surface area contributed by atoms with Gasteiger partial charge in [-0.3, -0.25) is 0 Å². The number of aliphatic hydroxyl groups excluding tert-OH is 1. The molecule has 0 aliphatic heterocycles. The summed E-state index contributed by atoms with van der Waals surface area (Å²) in [7, 11) is -3.73. The van der Waals surface area contributed by atoms with E-state index in [1.807, 2.05) is 19.1 Å². The molecule has 0 aliphatic rings. The second-order valence-electron chi connectivity index (χ2n) is 5.06. The summed E-state index contributed by atoms with van der Waals surface area (Å²) in [6.45, 7) is 3.36. The zero-order valence-electron chi connectivity index (χ0n) is 11.8. The number of aliphatic hydroxyl groups is 1. The predicted molar refractivity (Wildman–Crippen MR) is 79.2 cm³/mol. The minimum absolute atomic E-state index is 0.00237. The van der Waals surface area contributed by atoms with Crippen LogP contribution in [0.3, 0.4) is 0 Å². The molecule has 0 heterocycles. The van der Waals surface area contributed by atoms with E-state index in [-0.39, 0.29) is 4.90 Å². The van der Waals surface area contributed by atoms with E-state index in [1.54, 1.807) is 12.1 Å².